The fourth-order valence-corrected chi connectivity index (χ4v) is 3.99. The summed E-state index contributed by atoms with van der Waals surface area (Å²) in [5.74, 6) is 2.12. The van der Waals surface area contributed by atoms with E-state index in [4.69, 9.17) is 41.0 Å². The number of ether oxygens (including phenoxy) is 4. The quantitative estimate of drug-likeness (QED) is 0.225. The second kappa shape index (κ2) is 13.0. The molecule has 3 aromatic rings. The number of carbonyl (C=O) groups is 1. The Kier molecular flexibility index (Phi) is 9.80. The van der Waals surface area contributed by atoms with Crippen LogP contribution >= 0.6 is 11.8 Å². The first kappa shape index (κ1) is 27.1. The molecule has 11 heteroatoms. The van der Waals surface area contributed by atoms with Crippen molar-refractivity contribution >= 4 is 23.4 Å². The molecule has 1 aromatic heterocycles. The predicted molar refractivity (Wildman–Crippen MR) is 138 cm³/mol. The molecule has 0 saturated carbocycles. The number of halogens is 1. The largest absolute Gasteiger partial charge is 0.495 e. The van der Waals surface area contributed by atoms with Crippen molar-refractivity contribution in [3.05, 3.63) is 36.5 Å². The molecule has 0 saturated heterocycles. The van der Waals surface area contributed by atoms with Crippen LogP contribution in [0.3, 0.4) is 0 Å². The maximum absolute atomic E-state index is 12.9. The number of methoxy groups -OCH3 is 4. The van der Waals surface area contributed by atoms with Crippen molar-refractivity contribution in [3.8, 4) is 45.4 Å². The lowest BCUT2D eigenvalue weighted by Crippen LogP contribution is -2.36. The SMILES string of the molecule is COc1ccc(-c2cnoc2-c2cc(OC)c(OC)c(OC)c2)cc1NC(=O)C(CCCCN)NCl. The number of aromatic nitrogens is 1. The van der Waals surface area contributed by atoms with Gasteiger partial charge in [-0.1, -0.05) is 17.6 Å². The Morgan fingerprint density at radius 1 is 1.00 bits per heavy atom. The van der Waals surface area contributed by atoms with E-state index in [2.05, 4.69) is 15.3 Å². The summed E-state index contributed by atoms with van der Waals surface area (Å²) in [5, 5.41) is 6.90. The first-order chi connectivity index (χ1) is 17.5. The van der Waals surface area contributed by atoms with E-state index in [1.165, 1.54) is 14.2 Å². The Morgan fingerprint density at radius 2 is 1.69 bits per heavy atom. The van der Waals surface area contributed by atoms with Crippen LogP contribution in [-0.4, -0.2) is 52.1 Å². The van der Waals surface area contributed by atoms with E-state index in [1.807, 2.05) is 6.07 Å². The van der Waals surface area contributed by atoms with Gasteiger partial charge in [-0.15, -0.1) is 0 Å². The van der Waals surface area contributed by atoms with Gasteiger partial charge >= 0.3 is 0 Å². The van der Waals surface area contributed by atoms with Crippen LogP contribution in [0.5, 0.6) is 23.0 Å². The van der Waals surface area contributed by atoms with Crippen molar-refractivity contribution in [1.82, 2.24) is 9.99 Å². The molecule has 4 N–H and O–H groups in total. The Hall–Kier alpha value is -3.47. The van der Waals surface area contributed by atoms with Crippen molar-refractivity contribution < 1.29 is 28.3 Å². The normalized spacial score (nSPS) is 11.6. The minimum atomic E-state index is -0.586. The molecule has 1 atom stereocenters. The van der Waals surface area contributed by atoms with E-state index in [0.717, 1.165) is 18.4 Å². The van der Waals surface area contributed by atoms with E-state index >= 15 is 0 Å². The van der Waals surface area contributed by atoms with Gasteiger partial charge in [-0.25, -0.2) is 4.84 Å². The number of unbranched alkanes of at least 4 members (excludes halogenated alkanes) is 1. The van der Waals surface area contributed by atoms with Crippen molar-refractivity contribution in [2.45, 2.75) is 25.3 Å². The van der Waals surface area contributed by atoms with Crippen LogP contribution in [0.25, 0.3) is 22.5 Å². The van der Waals surface area contributed by atoms with Crippen LogP contribution in [0.2, 0.25) is 0 Å². The topological polar surface area (TPSA) is 130 Å². The molecule has 2 aromatic carbocycles. The van der Waals surface area contributed by atoms with Gasteiger partial charge in [0.15, 0.2) is 17.3 Å². The van der Waals surface area contributed by atoms with E-state index in [1.54, 1.807) is 44.7 Å². The number of amides is 1. The fraction of sp³-hybridized carbons (Fsp3) is 0.360. The molecule has 0 aliphatic heterocycles. The predicted octanol–water partition coefficient (Wildman–Crippen LogP) is 4.22. The van der Waals surface area contributed by atoms with Crippen molar-refractivity contribution in [3.63, 3.8) is 0 Å². The summed E-state index contributed by atoms with van der Waals surface area (Å²) >= 11 is 5.83. The van der Waals surface area contributed by atoms with E-state index in [-0.39, 0.29) is 5.91 Å². The summed E-state index contributed by atoms with van der Waals surface area (Å²) < 4.78 is 27.4. The van der Waals surface area contributed by atoms with Crippen molar-refractivity contribution in [1.29, 1.82) is 0 Å². The van der Waals surface area contributed by atoms with Crippen LogP contribution in [0.1, 0.15) is 19.3 Å². The summed E-state index contributed by atoms with van der Waals surface area (Å²) in [6.45, 7) is 0.555. The van der Waals surface area contributed by atoms with Crippen LogP contribution in [0.15, 0.2) is 41.1 Å². The summed E-state index contributed by atoms with van der Waals surface area (Å²) in [6, 6.07) is 8.36. The second-order valence-electron chi connectivity index (χ2n) is 7.83. The highest BCUT2D eigenvalue weighted by Gasteiger charge is 2.22. The fourth-order valence-electron chi connectivity index (χ4n) is 3.79. The number of nitrogens with two attached hydrogens (primary N) is 1. The lowest BCUT2D eigenvalue weighted by molar-refractivity contribution is -0.117. The second-order valence-corrected chi connectivity index (χ2v) is 8.05. The van der Waals surface area contributed by atoms with Gasteiger partial charge in [-0.3, -0.25) is 4.79 Å². The number of nitrogens with zero attached hydrogens (tertiary/aromatic N) is 1. The van der Waals surface area contributed by atoms with Gasteiger partial charge < -0.3 is 34.5 Å². The summed E-state index contributed by atoms with van der Waals surface area (Å²) in [6.07, 6.45) is 3.72. The van der Waals surface area contributed by atoms with Crippen LogP contribution in [0.4, 0.5) is 5.69 Å². The van der Waals surface area contributed by atoms with Gasteiger partial charge in [-0.05, 0) is 61.0 Å². The average molecular weight is 519 g/mol. The maximum atomic E-state index is 12.9. The van der Waals surface area contributed by atoms with E-state index in [0.29, 0.717) is 58.5 Å². The molecule has 1 amide bonds. The average Bonchev–Trinajstić information content (AvgIpc) is 3.40. The highest BCUT2D eigenvalue weighted by atomic mass is 35.5. The third-order valence-electron chi connectivity index (χ3n) is 5.66. The molecular formula is C25H31ClN4O6. The lowest BCUT2D eigenvalue weighted by Gasteiger charge is -2.17. The van der Waals surface area contributed by atoms with E-state index < -0.39 is 6.04 Å². The van der Waals surface area contributed by atoms with Gasteiger partial charge in [-0.2, -0.15) is 0 Å². The number of rotatable bonds is 13. The number of hydrogen-bond acceptors (Lipinski definition) is 9. The standard InChI is InChI=1S/C25H31ClN4O6/c1-32-20-9-8-15(11-19(20)29-25(31)18(30-26)7-5-6-10-27)17-14-28-36-23(17)16-12-21(33-2)24(35-4)22(13-16)34-3/h8-9,11-14,18,30H,5-7,10,27H2,1-4H3,(H,29,31). The molecule has 1 unspecified atom stereocenters. The minimum Gasteiger partial charge on any atom is -0.495 e. The third-order valence-corrected chi connectivity index (χ3v) is 5.92. The Morgan fingerprint density at radius 3 is 2.28 bits per heavy atom. The molecular weight excluding hydrogens is 488 g/mol. The Labute approximate surface area is 215 Å². The van der Waals surface area contributed by atoms with Crippen LogP contribution in [0, 0.1) is 0 Å². The lowest BCUT2D eigenvalue weighted by atomic mass is 10.0. The number of nitrogens with one attached hydrogen (secondary N) is 2. The molecule has 0 bridgehead atoms. The third kappa shape index (κ3) is 6.01. The van der Waals surface area contributed by atoms with Crippen molar-refractivity contribution in [2.24, 2.45) is 5.73 Å². The number of benzene rings is 2. The Balaban J connectivity index is 1.97. The maximum Gasteiger partial charge on any atom is 0.242 e. The highest BCUT2D eigenvalue weighted by molar-refractivity contribution is 6.15. The number of hydrogen-bond donors (Lipinski definition) is 3. The Bertz CT molecular complexity index is 1140. The molecule has 1 heterocycles. The van der Waals surface area contributed by atoms with Gasteiger partial charge in [0.1, 0.15) is 11.8 Å². The summed E-state index contributed by atoms with van der Waals surface area (Å²) in [4.78, 5) is 15.4. The van der Waals surface area contributed by atoms with Gasteiger partial charge in [0.25, 0.3) is 0 Å². The molecule has 36 heavy (non-hydrogen) atoms. The number of anilines is 1. The zero-order chi connectivity index (χ0) is 26.1. The first-order valence-electron chi connectivity index (χ1n) is 11.3. The number of carbonyl (C=O) groups excluding carboxylic acids is 1. The highest BCUT2D eigenvalue weighted by Crippen LogP contribution is 2.44. The molecule has 0 aliphatic rings. The van der Waals surface area contributed by atoms with Crippen LogP contribution < -0.4 is 34.8 Å². The van der Waals surface area contributed by atoms with Gasteiger partial charge in [0.05, 0.1) is 40.3 Å². The van der Waals surface area contributed by atoms with Gasteiger partial charge in [0, 0.05) is 11.1 Å². The minimum absolute atomic E-state index is 0.285. The molecule has 0 spiro atoms. The zero-order valence-corrected chi connectivity index (χ0v) is 21.5. The summed E-state index contributed by atoms with van der Waals surface area (Å²) in [7, 11) is 6.15. The molecule has 194 valence electrons. The zero-order valence-electron chi connectivity index (χ0n) is 20.7. The molecule has 0 aliphatic carbocycles. The molecule has 0 fully saturated rings. The van der Waals surface area contributed by atoms with Gasteiger partial charge in [0.2, 0.25) is 11.7 Å². The molecule has 10 nitrogen and oxygen atoms in total. The van der Waals surface area contributed by atoms with E-state index in [9.17, 15) is 4.79 Å². The smallest absolute Gasteiger partial charge is 0.242 e. The summed E-state index contributed by atoms with van der Waals surface area (Å²) in [5.41, 5.74) is 8.14. The molecule has 3 rings (SSSR count). The van der Waals surface area contributed by atoms with Crippen molar-refractivity contribution in [2.75, 3.05) is 40.3 Å². The monoisotopic (exact) mass is 518 g/mol. The van der Waals surface area contributed by atoms with Crippen LogP contribution in [-0.2, 0) is 4.79 Å². The first-order valence-corrected chi connectivity index (χ1v) is 11.7. The molecule has 0 radical (unpaired) electrons.